The van der Waals surface area contributed by atoms with Crippen LogP contribution < -0.4 is 10.5 Å². The van der Waals surface area contributed by atoms with Crippen molar-refractivity contribution in [3.05, 3.63) is 69.5 Å². The number of hydrogen-bond acceptors (Lipinski definition) is 4. The first-order chi connectivity index (χ1) is 9.99. The van der Waals surface area contributed by atoms with Crippen molar-refractivity contribution in [2.24, 2.45) is 5.73 Å². The molecular formula is C14H12FN3O3. The summed E-state index contributed by atoms with van der Waals surface area (Å²) in [4.78, 5) is 10.0. The Balaban J connectivity index is 2.15. The lowest BCUT2D eigenvalue weighted by molar-refractivity contribution is -0.384. The number of nitrogens with one attached hydrogen (secondary N) is 1. The molecule has 0 spiro atoms. The van der Waals surface area contributed by atoms with Crippen molar-refractivity contribution in [1.29, 1.82) is 5.41 Å². The molecule has 21 heavy (non-hydrogen) atoms. The molecule has 3 N–H and O–H groups in total. The third-order valence-corrected chi connectivity index (χ3v) is 2.79. The smallest absolute Gasteiger partial charge is 0.269 e. The topological polar surface area (TPSA) is 102 Å². The molecule has 0 bridgehead atoms. The Morgan fingerprint density at radius 2 is 1.95 bits per heavy atom. The zero-order valence-corrected chi connectivity index (χ0v) is 10.9. The maximum atomic E-state index is 13.6. The first-order valence-corrected chi connectivity index (χ1v) is 5.98. The largest absolute Gasteiger partial charge is 0.488 e. The molecule has 2 rings (SSSR count). The lowest BCUT2D eigenvalue weighted by Gasteiger charge is -2.11. The summed E-state index contributed by atoms with van der Waals surface area (Å²) in [6.45, 7) is 0.0850. The minimum Gasteiger partial charge on any atom is -0.488 e. The first-order valence-electron chi connectivity index (χ1n) is 5.98. The van der Waals surface area contributed by atoms with Gasteiger partial charge in [-0.25, -0.2) is 4.39 Å². The summed E-state index contributed by atoms with van der Waals surface area (Å²) in [5, 5.41) is 17.9. The Kier molecular flexibility index (Phi) is 4.13. The average molecular weight is 289 g/mol. The number of nitrogens with zero attached hydrogens (tertiary/aromatic N) is 1. The second-order valence-corrected chi connectivity index (χ2v) is 4.24. The van der Waals surface area contributed by atoms with Crippen molar-refractivity contribution >= 4 is 11.5 Å². The van der Waals surface area contributed by atoms with Gasteiger partial charge in [-0.2, -0.15) is 0 Å². The van der Waals surface area contributed by atoms with E-state index >= 15 is 0 Å². The predicted octanol–water partition coefficient (Wildman–Crippen LogP) is 2.60. The van der Waals surface area contributed by atoms with Crippen LogP contribution in [0.2, 0.25) is 0 Å². The summed E-state index contributed by atoms with van der Waals surface area (Å²) in [6.07, 6.45) is 0. The van der Waals surface area contributed by atoms with Crippen molar-refractivity contribution in [1.82, 2.24) is 0 Å². The van der Waals surface area contributed by atoms with Gasteiger partial charge in [-0.3, -0.25) is 15.5 Å². The molecule has 0 amide bonds. The maximum Gasteiger partial charge on any atom is 0.269 e. The summed E-state index contributed by atoms with van der Waals surface area (Å²) in [6, 6.07) is 9.95. The van der Waals surface area contributed by atoms with E-state index in [1.165, 1.54) is 30.3 Å². The molecule has 0 heterocycles. The highest BCUT2D eigenvalue weighted by Crippen LogP contribution is 2.22. The minimum absolute atomic E-state index is 0.0195. The van der Waals surface area contributed by atoms with Gasteiger partial charge in [0.25, 0.3) is 5.69 Å². The molecule has 0 aromatic heterocycles. The van der Waals surface area contributed by atoms with E-state index in [0.29, 0.717) is 5.56 Å². The summed E-state index contributed by atoms with van der Waals surface area (Å²) in [7, 11) is 0. The lowest BCUT2D eigenvalue weighted by Crippen LogP contribution is -2.15. The zero-order valence-electron chi connectivity index (χ0n) is 10.9. The van der Waals surface area contributed by atoms with Crippen molar-refractivity contribution < 1.29 is 14.1 Å². The predicted molar refractivity (Wildman–Crippen MR) is 74.8 cm³/mol. The second kappa shape index (κ2) is 6.00. The highest BCUT2D eigenvalue weighted by atomic mass is 19.1. The van der Waals surface area contributed by atoms with Crippen LogP contribution in [0.3, 0.4) is 0 Å². The van der Waals surface area contributed by atoms with Gasteiger partial charge >= 0.3 is 0 Å². The number of nitro benzene ring substituents is 1. The fourth-order valence-electron chi connectivity index (χ4n) is 1.76. The normalized spacial score (nSPS) is 10.1. The van der Waals surface area contributed by atoms with Crippen LogP contribution in [0.25, 0.3) is 0 Å². The molecule has 0 saturated heterocycles. The fourth-order valence-corrected chi connectivity index (χ4v) is 1.76. The van der Waals surface area contributed by atoms with E-state index in [1.807, 2.05) is 0 Å². The molecule has 0 aliphatic rings. The van der Waals surface area contributed by atoms with Crippen LogP contribution in [-0.2, 0) is 6.61 Å². The van der Waals surface area contributed by atoms with Crippen LogP contribution in [0, 0.1) is 21.3 Å². The highest BCUT2D eigenvalue weighted by molar-refractivity contribution is 5.97. The first kappa shape index (κ1) is 14.4. The van der Waals surface area contributed by atoms with E-state index < -0.39 is 16.6 Å². The maximum absolute atomic E-state index is 13.6. The quantitative estimate of drug-likeness (QED) is 0.382. The van der Waals surface area contributed by atoms with Gasteiger partial charge in [0.1, 0.15) is 24.0 Å². The third kappa shape index (κ3) is 3.33. The molecule has 0 radical (unpaired) electrons. The van der Waals surface area contributed by atoms with Crippen LogP contribution in [0.15, 0.2) is 42.5 Å². The average Bonchev–Trinajstić information content (AvgIpc) is 2.45. The highest BCUT2D eigenvalue weighted by Gasteiger charge is 2.12. The Hall–Kier alpha value is -2.96. The van der Waals surface area contributed by atoms with E-state index in [9.17, 15) is 14.5 Å². The molecule has 0 fully saturated rings. The molecule has 108 valence electrons. The van der Waals surface area contributed by atoms with Crippen molar-refractivity contribution in [3.8, 4) is 5.75 Å². The van der Waals surface area contributed by atoms with Crippen molar-refractivity contribution in [2.75, 3.05) is 0 Å². The van der Waals surface area contributed by atoms with Crippen molar-refractivity contribution in [2.45, 2.75) is 6.61 Å². The molecule has 2 aromatic rings. The molecule has 0 unspecified atom stereocenters. The number of amidine groups is 1. The molecular weight excluding hydrogens is 277 g/mol. The molecule has 0 aliphatic carbocycles. The van der Waals surface area contributed by atoms with E-state index in [1.54, 1.807) is 12.1 Å². The fraction of sp³-hybridized carbons (Fsp3) is 0.0714. The van der Waals surface area contributed by atoms with Gasteiger partial charge in [0.2, 0.25) is 0 Å². The molecule has 0 saturated carbocycles. The van der Waals surface area contributed by atoms with Crippen LogP contribution in [0.1, 0.15) is 11.1 Å². The van der Waals surface area contributed by atoms with E-state index in [4.69, 9.17) is 15.9 Å². The summed E-state index contributed by atoms with van der Waals surface area (Å²) >= 11 is 0. The Morgan fingerprint density at radius 1 is 1.29 bits per heavy atom. The Bertz CT molecular complexity index is 686. The molecule has 2 aromatic carbocycles. The number of halogens is 1. The number of rotatable bonds is 5. The van der Waals surface area contributed by atoms with Gasteiger partial charge in [-0.15, -0.1) is 0 Å². The number of nitrogens with two attached hydrogens (primary N) is 1. The van der Waals surface area contributed by atoms with Gasteiger partial charge in [0.15, 0.2) is 0 Å². The standard InChI is InChI=1S/C14H12FN3O3/c15-11-2-1-3-12(13(11)14(16)17)21-8-9-4-6-10(7-5-9)18(19)20/h1-7H,8H2,(H3,16,17). The Labute approximate surface area is 119 Å². The third-order valence-electron chi connectivity index (χ3n) is 2.79. The minimum atomic E-state index is -0.635. The molecule has 0 aliphatic heterocycles. The molecule has 6 nitrogen and oxygen atoms in total. The van der Waals surface area contributed by atoms with Crippen LogP contribution in [0.4, 0.5) is 10.1 Å². The van der Waals surface area contributed by atoms with Gasteiger partial charge in [-0.1, -0.05) is 6.07 Å². The van der Waals surface area contributed by atoms with Gasteiger partial charge < -0.3 is 10.5 Å². The van der Waals surface area contributed by atoms with Gasteiger partial charge in [-0.05, 0) is 29.8 Å². The van der Waals surface area contributed by atoms with Gasteiger partial charge in [0, 0.05) is 12.1 Å². The molecule has 7 heteroatoms. The lowest BCUT2D eigenvalue weighted by atomic mass is 10.1. The van der Waals surface area contributed by atoms with Crippen molar-refractivity contribution in [3.63, 3.8) is 0 Å². The number of ether oxygens (including phenoxy) is 1. The number of benzene rings is 2. The van der Waals surface area contributed by atoms with Gasteiger partial charge in [0.05, 0.1) is 10.5 Å². The van der Waals surface area contributed by atoms with E-state index in [-0.39, 0.29) is 23.6 Å². The van der Waals surface area contributed by atoms with Crippen LogP contribution in [-0.4, -0.2) is 10.8 Å². The number of non-ortho nitro benzene ring substituents is 1. The molecule has 0 atom stereocenters. The SMILES string of the molecule is N=C(N)c1c(F)cccc1OCc1ccc([N+](=O)[O-])cc1. The van der Waals surface area contributed by atoms with E-state index in [0.717, 1.165) is 0 Å². The van der Waals surface area contributed by atoms with Crippen LogP contribution >= 0.6 is 0 Å². The van der Waals surface area contributed by atoms with Crippen LogP contribution in [0.5, 0.6) is 5.75 Å². The summed E-state index contributed by atoms with van der Waals surface area (Å²) < 4.78 is 19.0. The summed E-state index contributed by atoms with van der Waals surface area (Å²) in [5.74, 6) is -0.906. The zero-order chi connectivity index (χ0) is 15.4. The monoisotopic (exact) mass is 289 g/mol. The van der Waals surface area contributed by atoms with E-state index in [2.05, 4.69) is 0 Å². The number of nitro groups is 1. The Morgan fingerprint density at radius 3 is 2.52 bits per heavy atom. The summed E-state index contributed by atoms with van der Waals surface area (Å²) in [5.41, 5.74) is 5.89. The second-order valence-electron chi connectivity index (χ2n) is 4.24. The number of nitrogen functional groups attached to an aromatic ring is 1. The number of hydrogen-bond donors (Lipinski definition) is 2.